The number of hydrogen-bond acceptors (Lipinski definition) is 2. The van der Waals surface area contributed by atoms with Crippen molar-refractivity contribution in [2.45, 2.75) is 12.8 Å². The van der Waals surface area contributed by atoms with E-state index in [2.05, 4.69) is 23.5 Å². The van der Waals surface area contributed by atoms with E-state index in [-0.39, 0.29) is 0 Å². The lowest BCUT2D eigenvalue weighted by Crippen LogP contribution is -2.07. The molecule has 0 radical (unpaired) electrons. The fourth-order valence-electron chi connectivity index (χ4n) is 1.24. The Morgan fingerprint density at radius 3 is 3.00 bits per heavy atom. The van der Waals surface area contributed by atoms with Crippen LogP contribution in [0.25, 0.3) is 0 Å². The summed E-state index contributed by atoms with van der Waals surface area (Å²) in [5.74, 6) is 1.02. The number of rotatable bonds is 4. The Labute approximate surface area is 80.0 Å². The number of methoxy groups -OCH3 is 1. The van der Waals surface area contributed by atoms with Crippen molar-refractivity contribution in [3.05, 3.63) is 35.6 Å². The summed E-state index contributed by atoms with van der Waals surface area (Å²) in [6.07, 6.45) is 10.4. The molecule has 0 saturated heterocycles. The molecule has 0 aromatic rings. The molecule has 1 aliphatic carbocycles. The van der Waals surface area contributed by atoms with Crippen LogP contribution in [0.2, 0.25) is 0 Å². The average Bonchev–Trinajstić information content (AvgIpc) is 2.39. The molecule has 0 heterocycles. The van der Waals surface area contributed by atoms with Crippen LogP contribution >= 0.6 is 0 Å². The molecule has 0 saturated carbocycles. The van der Waals surface area contributed by atoms with Gasteiger partial charge in [0.25, 0.3) is 0 Å². The van der Waals surface area contributed by atoms with Crippen LogP contribution in [0.5, 0.6) is 0 Å². The Morgan fingerprint density at radius 1 is 1.46 bits per heavy atom. The number of hydrogen-bond donors (Lipinski definition) is 1. The van der Waals surface area contributed by atoms with Gasteiger partial charge in [0, 0.05) is 6.42 Å². The van der Waals surface area contributed by atoms with E-state index >= 15 is 0 Å². The van der Waals surface area contributed by atoms with Crippen molar-refractivity contribution in [1.82, 2.24) is 5.32 Å². The van der Waals surface area contributed by atoms with Gasteiger partial charge in [0.1, 0.15) is 0 Å². The lowest BCUT2D eigenvalue weighted by atomic mass is 10.1. The molecule has 0 aromatic heterocycles. The molecule has 13 heavy (non-hydrogen) atoms. The minimum atomic E-state index is 0.899. The largest absolute Gasteiger partial charge is 0.501 e. The molecule has 1 N–H and O–H groups in total. The number of allylic oxidation sites excluding steroid dienone is 4. The molecule has 0 spiro atoms. The molecule has 0 fully saturated rings. The maximum atomic E-state index is 5.17. The second-order valence-corrected chi connectivity index (χ2v) is 3.04. The second-order valence-electron chi connectivity index (χ2n) is 3.04. The zero-order valence-electron chi connectivity index (χ0n) is 8.34. The van der Waals surface area contributed by atoms with Crippen LogP contribution < -0.4 is 5.32 Å². The van der Waals surface area contributed by atoms with Gasteiger partial charge < -0.3 is 10.1 Å². The second kappa shape index (κ2) is 5.60. The molecule has 0 amide bonds. The van der Waals surface area contributed by atoms with Crippen LogP contribution in [-0.4, -0.2) is 20.7 Å². The fraction of sp³-hybridized carbons (Fsp3) is 0.455. The number of ether oxygens (including phenoxy) is 1. The Balaban J connectivity index is 2.54. The third kappa shape index (κ3) is 3.47. The van der Waals surface area contributed by atoms with Gasteiger partial charge in [-0.15, -0.1) is 0 Å². The summed E-state index contributed by atoms with van der Waals surface area (Å²) in [5.41, 5.74) is 1.35. The topological polar surface area (TPSA) is 21.3 Å². The minimum absolute atomic E-state index is 0.899. The first-order valence-corrected chi connectivity index (χ1v) is 4.61. The molecule has 2 heteroatoms. The first-order chi connectivity index (χ1) is 6.36. The summed E-state index contributed by atoms with van der Waals surface area (Å²) in [6.45, 7) is 1.02. The van der Waals surface area contributed by atoms with Crippen LogP contribution in [0.15, 0.2) is 35.6 Å². The van der Waals surface area contributed by atoms with Gasteiger partial charge in [-0.05, 0) is 31.7 Å². The van der Waals surface area contributed by atoms with Crippen molar-refractivity contribution in [2.24, 2.45) is 0 Å². The van der Waals surface area contributed by atoms with E-state index in [1.165, 1.54) is 5.57 Å². The Bertz CT molecular complexity index is 238. The van der Waals surface area contributed by atoms with Crippen molar-refractivity contribution in [1.29, 1.82) is 0 Å². The lowest BCUT2D eigenvalue weighted by molar-refractivity contribution is 0.285. The van der Waals surface area contributed by atoms with Gasteiger partial charge in [-0.3, -0.25) is 0 Å². The molecular formula is C11H17NO. The van der Waals surface area contributed by atoms with Gasteiger partial charge in [-0.25, -0.2) is 0 Å². The summed E-state index contributed by atoms with van der Waals surface area (Å²) in [7, 11) is 3.68. The average molecular weight is 179 g/mol. The third-order valence-corrected chi connectivity index (χ3v) is 2.06. The Kier molecular flexibility index (Phi) is 4.33. The Morgan fingerprint density at radius 2 is 2.31 bits per heavy atom. The van der Waals surface area contributed by atoms with E-state index in [9.17, 15) is 0 Å². The SMILES string of the molecule is CNCCC1=CC=C(OC)CC=C1. The fourth-order valence-corrected chi connectivity index (χ4v) is 1.24. The van der Waals surface area contributed by atoms with Crippen LogP contribution in [0.1, 0.15) is 12.8 Å². The zero-order chi connectivity index (χ0) is 9.52. The van der Waals surface area contributed by atoms with Gasteiger partial charge in [-0.2, -0.15) is 0 Å². The zero-order valence-corrected chi connectivity index (χ0v) is 8.34. The predicted molar refractivity (Wildman–Crippen MR) is 55.5 cm³/mol. The van der Waals surface area contributed by atoms with Gasteiger partial charge in [0.05, 0.1) is 12.9 Å². The molecule has 1 aliphatic rings. The van der Waals surface area contributed by atoms with Crippen molar-refractivity contribution in [3.63, 3.8) is 0 Å². The van der Waals surface area contributed by atoms with Gasteiger partial charge in [0.2, 0.25) is 0 Å². The first-order valence-electron chi connectivity index (χ1n) is 4.61. The van der Waals surface area contributed by atoms with Crippen LogP contribution in [0.4, 0.5) is 0 Å². The normalized spacial score (nSPS) is 16.2. The van der Waals surface area contributed by atoms with Crippen LogP contribution in [0.3, 0.4) is 0 Å². The van der Waals surface area contributed by atoms with E-state index in [1.54, 1.807) is 7.11 Å². The monoisotopic (exact) mass is 179 g/mol. The van der Waals surface area contributed by atoms with Gasteiger partial charge in [0.15, 0.2) is 0 Å². The summed E-state index contributed by atoms with van der Waals surface area (Å²) in [6, 6.07) is 0. The molecule has 0 bridgehead atoms. The molecule has 1 rings (SSSR count). The molecule has 0 aliphatic heterocycles. The molecular weight excluding hydrogens is 162 g/mol. The third-order valence-electron chi connectivity index (χ3n) is 2.06. The van der Waals surface area contributed by atoms with E-state index in [4.69, 9.17) is 4.74 Å². The van der Waals surface area contributed by atoms with Crippen LogP contribution in [0, 0.1) is 0 Å². The van der Waals surface area contributed by atoms with Crippen molar-refractivity contribution in [2.75, 3.05) is 20.7 Å². The lowest BCUT2D eigenvalue weighted by Gasteiger charge is -1.98. The van der Waals surface area contributed by atoms with Crippen molar-refractivity contribution >= 4 is 0 Å². The van der Waals surface area contributed by atoms with E-state index in [0.29, 0.717) is 0 Å². The van der Waals surface area contributed by atoms with Crippen molar-refractivity contribution in [3.8, 4) is 0 Å². The van der Waals surface area contributed by atoms with Gasteiger partial charge >= 0.3 is 0 Å². The molecule has 0 atom stereocenters. The standard InChI is InChI=1S/C11H17NO/c1-12-9-8-10-4-3-5-11(13-2)7-6-10/h3-4,6-7,12H,5,8-9H2,1-2H3. The first kappa shape index (κ1) is 10.1. The number of nitrogens with one attached hydrogen (secondary N) is 1. The highest BCUT2D eigenvalue weighted by Gasteiger charge is 1.98. The van der Waals surface area contributed by atoms with E-state index in [1.807, 2.05) is 13.1 Å². The summed E-state index contributed by atoms with van der Waals surface area (Å²) in [4.78, 5) is 0. The minimum Gasteiger partial charge on any atom is -0.501 e. The van der Waals surface area contributed by atoms with Crippen LogP contribution in [-0.2, 0) is 4.74 Å². The van der Waals surface area contributed by atoms with Crippen molar-refractivity contribution < 1.29 is 4.74 Å². The summed E-state index contributed by atoms with van der Waals surface area (Å²) < 4.78 is 5.17. The molecule has 0 aromatic carbocycles. The highest BCUT2D eigenvalue weighted by atomic mass is 16.5. The highest BCUT2D eigenvalue weighted by Crippen LogP contribution is 2.13. The van der Waals surface area contributed by atoms with Gasteiger partial charge in [-0.1, -0.05) is 18.2 Å². The molecule has 2 nitrogen and oxygen atoms in total. The molecule has 0 unspecified atom stereocenters. The van der Waals surface area contributed by atoms with E-state index < -0.39 is 0 Å². The highest BCUT2D eigenvalue weighted by molar-refractivity contribution is 5.29. The maximum Gasteiger partial charge on any atom is 0.0993 e. The summed E-state index contributed by atoms with van der Waals surface area (Å²) in [5, 5.41) is 3.13. The quantitative estimate of drug-likeness (QED) is 0.712. The van der Waals surface area contributed by atoms with E-state index in [0.717, 1.165) is 25.1 Å². The molecule has 72 valence electrons. The Hall–Kier alpha value is -1.02. The predicted octanol–water partition coefficient (Wildman–Crippen LogP) is 2.01. The summed E-state index contributed by atoms with van der Waals surface area (Å²) >= 11 is 0. The maximum absolute atomic E-state index is 5.17. The smallest absolute Gasteiger partial charge is 0.0993 e.